The zero-order valence-corrected chi connectivity index (χ0v) is 15.5. The van der Waals surface area contributed by atoms with Crippen molar-refractivity contribution in [2.24, 2.45) is 13.0 Å². The molecule has 3 aromatic heterocycles. The highest BCUT2D eigenvalue weighted by Gasteiger charge is 2.29. The molecule has 27 heavy (non-hydrogen) atoms. The van der Waals surface area contributed by atoms with Crippen molar-refractivity contribution in [1.82, 2.24) is 24.8 Å². The topological polar surface area (TPSA) is 91.2 Å². The summed E-state index contributed by atoms with van der Waals surface area (Å²) in [7, 11) is 3.49. The molecule has 2 unspecified atom stereocenters. The summed E-state index contributed by atoms with van der Waals surface area (Å²) >= 11 is 0. The van der Waals surface area contributed by atoms with Crippen LogP contribution in [0, 0.1) is 5.92 Å². The first kappa shape index (κ1) is 17.3. The van der Waals surface area contributed by atoms with Gasteiger partial charge in [-0.25, -0.2) is 15.0 Å². The van der Waals surface area contributed by atoms with E-state index < -0.39 is 0 Å². The summed E-state index contributed by atoms with van der Waals surface area (Å²) < 4.78 is 13.2. The second kappa shape index (κ2) is 6.86. The number of carbonyl (C=O) groups is 1. The van der Waals surface area contributed by atoms with E-state index in [0.717, 1.165) is 22.3 Å². The van der Waals surface area contributed by atoms with Crippen molar-refractivity contribution < 1.29 is 14.3 Å². The zero-order chi connectivity index (χ0) is 19.0. The second-order valence-electron chi connectivity index (χ2n) is 6.72. The Morgan fingerprint density at radius 1 is 1.33 bits per heavy atom. The van der Waals surface area contributed by atoms with E-state index >= 15 is 0 Å². The lowest BCUT2D eigenvalue weighted by Crippen LogP contribution is -2.26. The minimum absolute atomic E-state index is 0.0622. The van der Waals surface area contributed by atoms with Gasteiger partial charge in [-0.2, -0.15) is 0 Å². The van der Waals surface area contributed by atoms with Gasteiger partial charge in [0.25, 0.3) is 0 Å². The monoisotopic (exact) mass is 367 g/mol. The Labute approximate surface area is 156 Å². The molecule has 1 amide bonds. The first-order chi connectivity index (χ1) is 13.0. The second-order valence-corrected chi connectivity index (χ2v) is 6.72. The average molecular weight is 367 g/mol. The highest BCUT2D eigenvalue weighted by atomic mass is 16.5. The van der Waals surface area contributed by atoms with Crippen LogP contribution in [-0.4, -0.2) is 45.2 Å². The molecule has 140 valence electrons. The molecule has 1 saturated heterocycles. The highest BCUT2D eigenvalue weighted by molar-refractivity contribution is 5.84. The summed E-state index contributed by atoms with van der Waals surface area (Å²) in [6.07, 6.45) is 3.76. The summed E-state index contributed by atoms with van der Waals surface area (Å²) in [5.74, 6) is 1.23. The number of fused-ring (bicyclic) bond motifs is 1. The third kappa shape index (κ3) is 3.30. The Balaban J connectivity index is 1.71. The first-order valence-corrected chi connectivity index (χ1v) is 8.81. The molecule has 0 saturated carbocycles. The van der Waals surface area contributed by atoms with Crippen LogP contribution >= 0.6 is 0 Å². The maximum absolute atomic E-state index is 11.5. The Morgan fingerprint density at radius 2 is 2.19 bits per heavy atom. The number of pyridine rings is 2. The van der Waals surface area contributed by atoms with Gasteiger partial charge in [0.2, 0.25) is 17.7 Å². The quantitative estimate of drug-likeness (QED) is 0.741. The van der Waals surface area contributed by atoms with Crippen LogP contribution in [0.15, 0.2) is 30.7 Å². The molecule has 0 aromatic carbocycles. The largest absolute Gasteiger partial charge is 0.481 e. The highest BCUT2D eigenvalue weighted by Crippen LogP contribution is 2.30. The third-order valence-corrected chi connectivity index (χ3v) is 4.87. The minimum Gasteiger partial charge on any atom is -0.481 e. The maximum atomic E-state index is 11.5. The molecule has 1 fully saturated rings. The van der Waals surface area contributed by atoms with Crippen LogP contribution in [0.4, 0.5) is 0 Å². The number of aryl methyl sites for hydroxylation is 1. The zero-order valence-electron chi connectivity index (χ0n) is 15.5. The summed E-state index contributed by atoms with van der Waals surface area (Å²) in [4.78, 5) is 24.9. The fraction of sp³-hybridized carbons (Fsp3) is 0.368. The summed E-state index contributed by atoms with van der Waals surface area (Å²) in [5, 5.41) is 2.85. The number of methoxy groups -OCH3 is 1. The van der Waals surface area contributed by atoms with E-state index in [0.29, 0.717) is 24.7 Å². The Kier molecular flexibility index (Phi) is 4.39. The number of hydrogen-bond acceptors (Lipinski definition) is 6. The van der Waals surface area contributed by atoms with E-state index in [1.807, 2.05) is 30.7 Å². The molecular formula is C19H21N5O3. The van der Waals surface area contributed by atoms with Gasteiger partial charge in [0.15, 0.2) is 0 Å². The van der Waals surface area contributed by atoms with Crippen LogP contribution in [0.3, 0.4) is 0 Å². The van der Waals surface area contributed by atoms with Crippen molar-refractivity contribution in [3.8, 4) is 23.0 Å². The predicted molar refractivity (Wildman–Crippen MR) is 99.5 cm³/mol. The normalized spacial score (nSPS) is 17.7. The van der Waals surface area contributed by atoms with Gasteiger partial charge in [-0.05, 0) is 19.1 Å². The number of nitrogens with zero attached hydrogens (tertiary/aromatic N) is 4. The number of hydrogen-bond donors (Lipinski definition) is 1. The van der Waals surface area contributed by atoms with Crippen molar-refractivity contribution in [2.45, 2.75) is 19.4 Å². The number of imidazole rings is 1. The van der Waals surface area contributed by atoms with Crippen molar-refractivity contribution in [3.05, 3.63) is 30.7 Å². The molecule has 3 aromatic rings. The smallest absolute Gasteiger partial charge is 0.241 e. The molecule has 0 radical (unpaired) electrons. The van der Waals surface area contributed by atoms with E-state index in [-0.39, 0.29) is 17.9 Å². The van der Waals surface area contributed by atoms with E-state index in [1.54, 1.807) is 25.7 Å². The molecule has 0 aliphatic carbocycles. The van der Waals surface area contributed by atoms with Gasteiger partial charge in [-0.3, -0.25) is 4.79 Å². The van der Waals surface area contributed by atoms with E-state index in [4.69, 9.17) is 14.5 Å². The summed E-state index contributed by atoms with van der Waals surface area (Å²) in [5.41, 5.74) is 3.18. The van der Waals surface area contributed by atoms with Gasteiger partial charge < -0.3 is 19.4 Å². The lowest BCUT2D eigenvalue weighted by molar-refractivity contribution is -0.119. The van der Waals surface area contributed by atoms with E-state index in [2.05, 4.69) is 15.3 Å². The SMILES string of the molecule is COc1ccc(-c2cc3ncn(C)c3c(OC(C)C3CNC(=O)C3)n2)cn1. The van der Waals surface area contributed by atoms with Crippen molar-refractivity contribution in [1.29, 1.82) is 0 Å². The molecule has 0 spiro atoms. The lowest BCUT2D eigenvalue weighted by atomic mass is 10.0. The van der Waals surface area contributed by atoms with Gasteiger partial charge in [-0.1, -0.05) is 0 Å². The van der Waals surface area contributed by atoms with Gasteiger partial charge >= 0.3 is 0 Å². The van der Waals surface area contributed by atoms with E-state index in [1.165, 1.54) is 0 Å². The molecule has 1 aliphatic heterocycles. The molecule has 8 heteroatoms. The molecule has 4 heterocycles. The number of nitrogens with one attached hydrogen (secondary N) is 1. The van der Waals surface area contributed by atoms with Crippen molar-refractivity contribution >= 4 is 16.9 Å². The number of rotatable bonds is 5. The van der Waals surface area contributed by atoms with Crippen molar-refractivity contribution in [3.63, 3.8) is 0 Å². The molecule has 0 bridgehead atoms. The van der Waals surface area contributed by atoms with Crippen LogP contribution < -0.4 is 14.8 Å². The van der Waals surface area contributed by atoms with E-state index in [9.17, 15) is 4.79 Å². The number of aromatic nitrogens is 4. The molecule has 1 N–H and O–H groups in total. The molecular weight excluding hydrogens is 346 g/mol. The maximum Gasteiger partial charge on any atom is 0.241 e. The van der Waals surface area contributed by atoms with Gasteiger partial charge in [0, 0.05) is 43.8 Å². The molecule has 2 atom stereocenters. The van der Waals surface area contributed by atoms with Gasteiger partial charge in [0.05, 0.1) is 24.6 Å². The van der Waals surface area contributed by atoms with Crippen LogP contribution in [-0.2, 0) is 11.8 Å². The fourth-order valence-corrected chi connectivity index (χ4v) is 3.25. The van der Waals surface area contributed by atoms with Crippen LogP contribution in [0.2, 0.25) is 0 Å². The average Bonchev–Trinajstić information content (AvgIpc) is 3.28. The summed E-state index contributed by atoms with van der Waals surface area (Å²) in [6, 6.07) is 5.60. The van der Waals surface area contributed by atoms with Gasteiger partial charge in [-0.15, -0.1) is 0 Å². The van der Waals surface area contributed by atoms with Crippen LogP contribution in [0.1, 0.15) is 13.3 Å². The predicted octanol–water partition coefficient (Wildman–Crippen LogP) is 1.94. The van der Waals surface area contributed by atoms with Crippen LogP contribution in [0.5, 0.6) is 11.8 Å². The Bertz CT molecular complexity index is 983. The third-order valence-electron chi connectivity index (χ3n) is 4.87. The standard InChI is InChI=1S/C19H21N5O3/c1-11(13-6-16(25)20-9-13)27-19-18-15(22-10-24(18)2)7-14(23-19)12-4-5-17(26-3)21-8-12/h4-5,7-8,10-11,13H,6,9H2,1-3H3,(H,20,25). The first-order valence-electron chi connectivity index (χ1n) is 8.81. The minimum atomic E-state index is -0.154. The van der Waals surface area contributed by atoms with Crippen LogP contribution in [0.25, 0.3) is 22.3 Å². The fourth-order valence-electron chi connectivity index (χ4n) is 3.25. The number of carbonyl (C=O) groups excluding carboxylic acids is 1. The summed E-state index contributed by atoms with van der Waals surface area (Å²) in [6.45, 7) is 2.59. The molecule has 1 aliphatic rings. The molecule has 8 nitrogen and oxygen atoms in total. The lowest BCUT2D eigenvalue weighted by Gasteiger charge is -2.20. The Morgan fingerprint density at radius 3 is 2.85 bits per heavy atom. The van der Waals surface area contributed by atoms with Gasteiger partial charge in [0.1, 0.15) is 11.6 Å². The molecule has 4 rings (SSSR count). The number of ether oxygens (including phenoxy) is 2. The Hall–Kier alpha value is -3.16. The number of amides is 1. The van der Waals surface area contributed by atoms with Crippen molar-refractivity contribution in [2.75, 3.05) is 13.7 Å².